The molecule has 0 aliphatic heterocycles. The molecule has 1 aromatic carbocycles. The van der Waals surface area contributed by atoms with Gasteiger partial charge in [0.25, 0.3) is 0 Å². The van der Waals surface area contributed by atoms with Gasteiger partial charge in [-0.25, -0.2) is 0 Å². The van der Waals surface area contributed by atoms with Crippen LogP contribution in [0.2, 0.25) is 0 Å². The lowest BCUT2D eigenvalue weighted by atomic mass is 9.68. The van der Waals surface area contributed by atoms with Gasteiger partial charge >= 0.3 is 5.97 Å². The van der Waals surface area contributed by atoms with Gasteiger partial charge in [0.15, 0.2) is 0 Å². The Morgan fingerprint density at radius 2 is 1.45 bits per heavy atom. The molecule has 0 bridgehead atoms. The van der Waals surface area contributed by atoms with Gasteiger partial charge in [-0.2, -0.15) is 0 Å². The number of carbonyl (C=O) groups excluding carboxylic acids is 1. The van der Waals surface area contributed by atoms with Crippen LogP contribution in [-0.2, 0) is 4.79 Å². The minimum Gasteiger partial charge on any atom is -0.427 e. The SMILES string of the molecule is CCCC1CCC(C2CCC(c3ccc(OC(=O)CCC[C@@H]4C[C@@H]4C4CC4)cc3)CC2)CC1. The van der Waals surface area contributed by atoms with Crippen molar-refractivity contribution in [2.75, 3.05) is 0 Å². The van der Waals surface area contributed by atoms with Crippen LogP contribution in [0.15, 0.2) is 24.3 Å². The summed E-state index contributed by atoms with van der Waals surface area (Å²) in [5.41, 5.74) is 1.44. The third-order valence-corrected chi connectivity index (χ3v) is 9.77. The summed E-state index contributed by atoms with van der Waals surface area (Å²) < 4.78 is 5.63. The van der Waals surface area contributed by atoms with Crippen molar-refractivity contribution in [1.82, 2.24) is 0 Å². The van der Waals surface area contributed by atoms with Crippen molar-refractivity contribution in [3.05, 3.63) is 29.8 Å². The first-order chi connectivity index (χ1) is 16.2. The molecule has 182 valence electrons. The molecule has 4 aliphatic carbocycles. The summed E-state index contributed by atoms with van der Waals surface area (Å²) in [6.07, 6.45) is 21.4. The van der Waals surface area contributed by atoms with E-state index in [-0.39, 0.29) is 5.97 Å². The molecule has 0 heterocycles. The quantitative estimate of drug-likeness (QED) is 0.263. The maximum absolute atomic E-state index is 12.2. The molecule has 2 heteroatoms. The van der Waals surface area contributed by atoms with Gasteiger partial charge in [0.1, 0.15) is 5.75 Å². The highest BCUT2D eigenvalue weighted by Crippen LogP contribution is 2.56. The Morgan fingerprint density at radius 3 is 2.09 bits per heavy atom. The van der Waals surface area contributed by atoms with Crippen LogP contribution in [0, 0.1) is 35.5 Å². The van der Waals surface area contributed by atoms with Crippen molar-refractivity contribution in [1.29, 1.82) is 0 Å². The summed E-state index contributed by atoms with van der Waals surface area (Å²) in [5, 5.41) is 0. The Bertz CT molecular complexity index is 748. The van der Waals surface area contributed by atoms with Crippen molar-refractivity contribution in [3.8, 4) is 5.75 Å². The molecule has 0 spiro atoms. The Labute approximate surface area is 202 Å². The Kier molecular flexibility index (Phi) is 7.78. The average Bonchev–Trinajstić information content (AvgIpc) is 3.75. The summed E-state index contributed by atoms with van der Waals surface area (Å²) in [6.45, 7) is 2.34. The van der Waals surface area contributed by atoms with E-state index in [1.807, 2.05) is 12.1 Å². The van der Waals surface area contributed by atoms with E-state index in [0.29, 0.717) is 12.3 Å². The number of hydrogen-bond acceptors (Lipinski definition) is 2. The van der Waals surface area contributed by atoms with Gasteiger partial charge in [-0.1, -0.05) is 44.7 Å². The van der Waals surface area contributed by atoms with E-state index >= 15 is 0 Å². The van der Waals surface area contributed by atoms with Crippen molar-refractivity contribution >= 4 is 5.97 Å². The van der Waals surface area contributed by atoms with E-state index in [4.69, 9.17) is 4.74 Å². The van der Waals surface area contributed by atoms with Crippen molar-refractivity contribution < 1.29 is 9.53 Å². The first-order valence-electron chi connectivity index (χ1n) is 14.5. The maximum atomic E-state index is 12.2. The zero-order valence-electron chi connectivity index (χ0n) is 21.0. The number of hydrogen-bond donors (Lipinski definition) is 0. The minimum absolute atomic E-state index is 0.0551. The van der Waals surface area contributed by atoms with E-state index < -0.39 is 0 Å². The van der Waals surface area contributed by atoms with Crippen molar-refractivity contribution in [2.45, 2.75) is 116 Å². The third-order valence-electron chi connectivity index (χ3n) is 9.77. The molecule has 4 fully saturated rings. The summed E-state index contributed by atoms with van der Waals surface area (Å²) in [7, 11) is 0. The van der Waals surface area contributed by atoms with Crippen LogP contribution in [-0.4, -0.2) is 5.97 Å². The van der Waals surface area contributed by atoms with E-state index in [0.717, 1.165) is 47.7 Å². The van der Waals surface area contributed by atoms with Crippen LogP contribution in [0.25, 0.3) is 0 Å². The average molecular weight is 451 g/mol. The van der Waals surface area contributed by atoms with Gasteiger partial charge in [-0.3, -0.25) is 4.79 Å². The lowest BCUT2D eigenvalue weighted by Gasteiger charge is -2.38. The van der Waals surface area contributed by atoms with Crippen molar-refractivity contribution in [3.63, 3.8) is 0 Å². The number of carbonyl (C=O) groups is 1. The summed E-state index contributed by atoms with van der Waals surface area (Å²) in [5.74, 6) is 7.32. The zero-order chi connectivity index (χ0) is 22.6. The summed E-state index contributed by atoms with van der Waals surface area (Å²) in [6, 6.07) is 8.48. The number of rotatable bonds is 10. The molecule has 0 amide bonds. The largest absolute Gasteiger partial charge is 0.427 e. The highest BCUT2D eigenvalue weighted by molar-refractivity contribution is 5.72. The fraction of sp³-hybridized carbons (Fsp3) is 0.774. The topological polar surface area (TPSA) is 26.3 Å². The van der Waals surface area contributed by atoms with Gasteiger partial charge in [0.05, 0.1) is 0 Å². The second-order valence-electron chi connectivity index (χ2n) is 12.1. The normalized spacial score (nSPS) is 34.1. The highest BCUT2D eigenvalue weighted by Gasteiger charge is 2.46. The fourth-order valence-corrected chi connectivity index (χ4v) is 7.48. The second kappa shape index (κ2) is 11.0. The van der Waals surface area contributed by atoms with Crippen LogP contribution in [0.3, 0.4) is 0 Å². The number of esters is 1. The molecule has 0 unspecified atom stereocenters. The summed E-state index contributed by atoms with van der Waals surface area (Å²) >= 11 is 0. The Hall–Kier alpha value is -1.31. The first-order valence-corrected chi connectivity index (χ1v) is 14.5. The van der Waals surface area contributed by atoms with Gasteiger partial charge in [-0.15, -0.1) is 0 Å². The van der Waals surface area contributed by atoms with Crippen LogP contribution >= 0.6 is 0 Å². The van der Waals surface area contributed by atoms with Crippen LogP contribution in [0.5, 0.6) is 5.75 Å². The highest BCUT2D eigenvalue weighted by atomic mass is 16.5. The smallest absolute Gasteiger partial charge is 0.311 e. The predicted molar refractivity (Wildman–Crippen MR) is 135 cm³/mol. The molecule has 0 saturated heterocycles. The molecule has 2 nitrogen and oxygen atoms in total. The monoisotopic (exact) mass is 450 g/mol. The van der Waals surface area contributed by atoms with Crippen LogP contribution in [0.1, 0.15) is 121 Å². The van der Waals surface area contributed by atoms with E-state index in [1.165, 1.54) is 95.5 Å². The van der Waals surface area contributed by atoms with Crippen molar-refractivity contribution in [2.24, 2.45) is 35.5 Å². The van der Waals surface area contributed by atoms with Gasteiger partial charge in [-0.05, 0) is 130 Å². The number of benzene rings is 1. The fourth-order valence-electron chi connectivity index (χ4n) is 7.48. The molecule has 5 rings (SSSR count). The second-order valence-corrected chi connectivity index (χ2v) is 12.1. The molecule has 33 heavy (non-hydrogen) atoms. The Balaban J connectivity index is 0.997. The molecule has 4 saturated carbocycles. The predicted octanol–water partition coefficient (Wildman–Crippen LogP) is 8.69. The molecule has 2 atom stereocenters. The van der Waals surface area contributed by atoms with Crippen LogP contribution in [0.4, 0.5) is 0 Å². The maximum Gasteiger partial charge on any atom is 0.311 e. The molecule has 0 radical (unpaired) electrons. The summed E-state index contributed by atoms with van der Waals surface area (Å²) in [4.78, 5) is 12.2. The van der Waals surface area contributed by atoms with E-state index in [9.17, 15) is 4.79 Å². The minimum atomic E-state index is -0.0551. The van der Waals surface area contributed by atoms with E-state index in [1.54, 1.807) is 0 Å². The van der Waals surface area contributed by atoms with Gasteiger partial charge in [0, 0.05) is 6.42 Å². The third kappa shape index (κ3) is 6.43. The molecule has 4 aliphatic rings. The first kappa shape index (κ1) is 23.4. The van der Waals surface area contributed by atoms with Gasteiger partial charge in [0.2, 0.25) is 0 Å². The zero-order valence-corrected chi connectivity index (χ0v) is 21.0. The van der Waals surface area contributed by atoms with Crippen LogP contribution < -0.4 is 4.74 Å². The van der Waals surface area contributed by atoms with Gasteiger partial charge < -0.3 is 4.74 Å². The lowest BCUT2D eigenvalue weighted by Crippen LogP contribution is -2.25. The molecular weight excluding hydrogens is 404 g/mol. The lowest BCUT2D eigenvalue weighted by molar-refractivity contribution is -0.134. The number of ether oxygens (including phenoxy) is 1. The molecule has 1 aromatic rings. The molecule has 0 aromatic heterocycles. The molecular formula is C31H46O2. The Morgan fingerprint density at radius 1 is 0.818 bits per heavy atom. The standard InChI is InChI=1S/C31H46O2/c1-2-4-22-7-9-23(10-8-22)24-11-13-25(14-12-24)26-17-19-29(20-18-26)33-31(32)6-3-5-28-21-30(28)27-15-16-27/h17-20,22-25,27-28,30H,2-16,21H2,1H3/t22?,23?,24?,25?,28-,30-/m1/s1. The molecule has 0 N–H and O–H groups in total. The van der Waals surface area contributed by atoms with E-state index in [2.05, 4.69) is 19.1 Å².